The molecule has 0 heterocycles. The van der Waals surface area contributed by atoms with Crippen molar-refractivity contribution in [1.29, 1.82) is 0 Å². The average Bonchev–Trinajstić information content (AvgIpc) is 3.38. The molecule has 6 N–H and O–H groups in total. The highest BCUT2D eigenvalue weighted by molar-refractivity contribution is 5.94. The number of fused-ring (bicyclic) bond motifs is 3. The molecule has 1 aliphatic rings. The first-order valence-electron chi connectivity index (χ1n) is 17.3. The molecule has 1 atom stereocenters. The van der Waals surface area contributed by atoms with E-state index >= 15 is 0 Å². The lowest BCUT2D eigenvalue weighted by atomic mass is 9.97. The molecule has 2 aromatic rings. The van der Waals surface area contributed by atoms with Crippen molar-refractivity contribution in [3.63, 3.8) is 0 Å². The fraction of sp³-hybridized carbons (Fsp3) is 0.528. The molecule has 50 heavy (non-hydrogen) atoms. The van der Waals surface area contributed by atoms with E-state index in [1.165, 1.54) is 0 Å². The van der Waals surface area contributed by atoms with Gasteiger partial charge in [0.15, 0.2) is 0 Å². The lowest BCUT2D eigenvalue weighted by molar-refractivity contribution is -0.122. The average molecular weight is 698 g/mol. The van der Waals surface area contributed by atoms with E-state index in [9.17, 15) is 24.0 Å². The normalized spacial score (nSPS) is 12.8. The quantitative estimate of drug-likeness (QED) is 0.101. The van der Waals surface area contributed by atoms with E-state index in [-0.39, 0.29) is 55.9 Å². The predicted molar refractivity (Wildman–Crippen MR) is 189 cm³/mol. The minimum Gasteiger partial charge on any atom is -0.449 e. The van der Waals surface area contributed by atoms with E-state index < -0.39 is 12.0 Å². The number of nitrogens with two attached hydrogens (primary N) is 1. The molecule has 2 aromatic carbocycles. The van der Waals surface area contributed by atoms with Crippen molar-refractivity contribution in [2.45, 2.75) is 64.7 Å². The smallest absolute Gasteiger partial charge is 0.404 e. The fourth-order valence-electron chi connectivity index (χ4n) is 5.44. The summed E-state index contributed by atoms with van der Waals surface area (Å²) in [5.41, 5.74) is 9.88. The van der Waals surface area contributed by atoms with Gasteiger partial charge in [-0.15, -0.1) is 0 Å². The number of ether oxygens (including phenoxy) is 4. The second-order valence-corrected chi connectivity index (χ2v) is 11.7. The Morgan fingerprint density at radius 3 is 1.60 bits per heavy atom. The van der Waals surface area contributed by atoms with Crippen molar-refractivity contribution in [3.8, 4) is 11.1 Å². The summed E-state index contributed by atoms with van der Waals surface area (Å²) in [6.07, 6.45) is 1.55. The minimum absolute atomic E-state index is 0.0323. The Morgan fingerprint density at radius 1 is 0.640 bits per heavy atom. The van der Waals surface area contributed by atoms with E-state index in [0.717, 1.165) is 28.7 Å². The van der Waals surface area contributed by atoms with Crippen molar-refractivity contribution in [2.24, 2.45) is 5.73 Å². The SMILES string of the molecule is CCCOCCNC(=O)CCCC(=O)Nc1ccc2c(c1)C(COC(N)=O)c1cc(NC(=O)CCCC(=O)NCCOCCOCC)ccc1-2. The number of carbonyl (C=O) groups excluding carboxylic acids is 5. The van der Waals surface area contributed by atoms with Crippen LogP contribution in [0.3, 0.4) is 0 Å². The molecule has 14 heteroatoms. The molecule has 14 nitrogen and oxygen atoms in total. The number of carbonyl (C=O) groups is 5. The summed E-state index contributed by atoms with van der Waals surface area (Å²) in [6.45, 7) is 7.83. The van der Waals surface area contributed by atoms with Crippen LogP contribution in [0.15, 0.2) is 36.4 Å². The summed E-state index contributed by atoms with van der Waals surface area (Å²) >= 11 is 0. The first kappa shape index (κ1) is 39.9. The zero-order valence-corrected chi connectivity index (χ0v) is 29.1. The maximum atomic E-state index is 12.7. The fourth-order valence-corrected chi connectivity index (χ4v) is 5.44. The zero-order chi connectivity index (χ0) is 36.1. The largest absolute Gasteiger partial charge is 0.449 e. The van der Waals surface area contributed by atoms with E-state index in [2.05, 4.69) is 21.3 Å². The molecule has 0 saturated heterocycles. The first-order valence-corrected chi connectivity index (χ1v) is 17.3. The van der Waals surface area contributed by atoms with Gasteiger partial charge in [0.25, 0.3) is 0 Å². The second kappa shape index (κ2) is 22.2. The number of benzene rings is 2. The molecule has 0 radical (unpaired) electrons. The Hall–Kier alpha value is -4.53. The van der Waals surface area contributed by atoms with E-state index in [1.807, 2.05) is 38.1 Å². The van der Waals surface area contributed by atoms with Gasteiger partial charge in [0.1, 0.15) is 6.61 Å². The van der Waals surface area contributed by atoms with Gasteiger partial charge in [-0.3, -0.25) is 19.2 Å². The number of amides is 5. The van der Waals surface area contributed by atoms with Gasteiger partial charge in [0.05, 0.1) is 26.4 Å². The molecule has 274 valence electrons. The van der Waals surface area contributed by atoms with Gasteiger partial charge in [-0.05, 0) is 72.7 Å². The van der Waals surface area contributed by atoms with Crippen LogP contribution in [0, 0.1) is 0 Å². The Kier molecular flexibility index (Phi) is 17.7. The minimum atomic E-state index is -0.912. The first-order chi connectivity index (χ1) is 24.2. The summed E-state index contributed by atoms with van der Waals surface area (Å²) in [5.74, 6) is -1.13. The summed E-state index contributed by atoms with van der Waals surface area (Å²) in [7, 11) is 0. The van der Waals surface area contributed by atoms with Gasteiger partial charge in [-0.25, -0.2) is 4.79 Å². The standard InChI is InChI=1S/C36H51N5O9/c1-3-17-48-18-15-38-32(42)7-5-9-34(44)40-25-11-13-27-28-14-12-26(23-30(28)31(29(27)22-25)24-50-36(37)46)41-35(45)10-6-8-33(43)39-16-19-49-21-20-47-4-2/h11-14,22-23,31H,3-10,15-21,24H2,1-2H3,(H2,37,46)(H,38,42)(H,39,43)(H,40,44)(H,41,45). The highest BCUT2D eigenvalue weighted by Crippen LogP contribution is 2.46. The Bertz CT molecular complexity index is 1430. The van der Waals surface area contributed by atoms with Gasteiger partial charge in [-0.1, -0.05) is 19.1 Å². The van der Waals surface area contributed by atoms with E-state index in [4.69, 9.17) is 24.7 Å². The van der Waals surface area contributed by atoms with Gasteiger partial charge in [-0.2, -0.15) is 0 Å². The third-order valence-electron chi connectivity index (χ3n) is 7.78. The van der Waals surface area contributed by atoms with Crippen LogP contribution in [0.2, 0.25) is 0 Å². The summed E-state index contributed by atoms with van der Waals surface area (Å²) in [5, 5.41) is 11.3. The predicted octanol–water partition coefficient (Wildman–Crippen LogP) is 3.82. The topological polar surface area (TPSA) is 196 Å². The summed E-state index contributed by atoms with van der Waals surface area (Å²) in [6, 6.07) is 11.0. The number of hydrogen-bond acceptors (Lipinski definition) is 9. The molecular weight excluding hydrogens is 646 g/mol. The number of rotatable bonds is 24. The van der Waals surface area contributed by atoms with Crippen LogP contribution in [-0.2, 0) is 38.1 Å². The van der Waals surface area contributed by atoms with Crippen LogP contribution in [0.5, 0.6) is 0 Å². The van der Waals surface area contributed by atoms with Gasteiger partial charge in [0.2, 0.25) is 23.6 Å². The lowest BCUT2D eigenvalue weighted by Gasteiger charge is -2.15. The van der Waals surface area contributed by atoms with Crippen LogP contribution in [0.1, 0.15) is 75.8 Å². The Balaban J connectivity index is 1.51. The molecule has 0 spiro atoms. The number of nitrogens with one attached hydrogen (secondary N) is 4. The highest BCUT2D eigenvalue weighted by atomic mass is 16.5. The molecule has 0 aromatic heterocycles. The van der Waals surface area contributed by atoms with Crippen molar-refractivity contribution in [3.05, 3.63) is 47.5 Å². The molecule has 1 aliphatic carbocycles. The van der Waals surface area contributed by atoms with E-state index in [1.54, 1.807) is 12.1 Å². The van der Waals surface area contributed by atoms with Crippen LogP contribution >= 0.6 is 0 Å². The maximum Gasteiger partial charge on any atom is 0.404 e. The molecule has 0 aliphatic heterocycles. The van der Waals surface area contributed by atoms with Crippen molar-refractivity contribution in [2.75, 3.05) is 70.0 Å². The number of primary amides is 1. The van der Waals surface area contributed by atoms with E-state index in [0.29, 0.717) is 76.9 Å². The van der Waals surface area contributed by atoms with Crippen molar-refractivity contribution in [1.82, 2.24) is 10.6 Å². The molecule has 3 rings (SSSR count). The Morgan fingerprint density at radius 2 is 1.12 bits per heavy atom. The Labute approximate surface area is 293 Å². The number of anilines is 2. The summed E-state index contributed by atoms with van der Waals surface area (Å²) < 4.78 is 21.1. The summed E-state index contributed by atoms with van der Waals surface area (Å²) in [4.78, 5) is 61.1. The van der Waals surface area contributed by atoms with Crippen LogP contribution in [0.25, 0.3) is 11.1 Å². The van der Waals surface area contributed by atoms with Crippen LogP contribution in [0.4, 0.5) is 16.2 Å². The lowest BCUT2D eigenvalue weighted by Crippen LogP contribution is -2.27. The highest BCUT2D eigenvalue weighted by Gasteiger charge is 2.30. The molecule has 0 saturated carbocycles. The molecule has 0 bridgehead atoms. The maximum absolute atomic E-state index is 12.7. The number of hydrogen-bond donors (Lipinski definition) is 5. The third-order valence-corrected chi connectivity index (χ3v) is 7.78. The second-order valence-electron chi connectivity index (χ2n) is 11.7. The molecule has 1 unspecified atom stereocenters. The van der Waals surface area contributed by atoms with Crippen LogP contribution < -0.4 is 27.0 Å². The van der Waals surface area contributed by atoms with Crippen molar-refractivity contribution < 1.29 is 42.9 Å². The molecule has 0 fully saturated rings. The monoisotopic (exact) mass is 697 g/mol. The third kappa shape index (κ3) is 14.1. The van der Waals surface area contributed by atoms with Crippen molar-refractivity contribution >= 4 is 41.1 Å². The molecular formula is C36H51N5O9. The van der Waals surface area contributed by atoms with Gasteiger partial charge < -0.3 is 45.9 Å². The van der Waals surface area contributed by atoms with Crippen LogP contribution in [-0.4, -0.2) is 89.1 Å². The molecule has 5 amide bonds. The van der Waals surface area contributed by atoms with Gasteiger partial charge >= 0.3 is 6.09 Å². The zero-order valence-electron chi connectivity index (χ0n) is 29.1. The van der Waals surface area contributed by atoms with Gasteiger partial charge in [0, 0.05) is 69.3 Å².